The van der Waals surface area contributed by atoms with Gasteiger partial charge in [-0.3, -0.25) is 10.1 Å². The maximum Gasteiger partial charge on any atom is 0.237 e. The minimum Gasteiger partial charge on any atom is -0.338 e. The molecule has 3 N–H and O–H groups in total. The first-order chi connectivity index (χ1) is 13.9. The van der Waals surface area contributed by atoms with Gasteiger partial charge in [0.05, 0.1) is 11.4 Å². The standard InChI is InChI=1S/C21H28N6O2S/c1-20(2,3)14-9-7-13(8-10-14)18-24-25-19(27(18)22)30-12-16(28)23-17-11-15(26-29-17)21(4,5)6/h7-11H,12,22H2,1-6H3,(H,23,28). The third-order valence-electron chi connectivity index (χ3n) is 4.55. The molecule has 30 heavy (non-hydrogen) atoms. The van der Waals surface area contributed by atoms with E-state index in [0.29, 0.717) is 16.9 Å². The lowest BCUT2D eigenvalue weighted by Gasteiger charge is -2.19. The second kappa shape index (κ2) is 8.14. The molecule has 8 nitrogen and oxygen atoms in total. The van der Waals surface area contributed by atoms with Crippen LogP contribution in [0.2, 0.25) is 0 Å². The van der Waals surface area contributed by atoms with Crippen molar-refractivity contribution in [1.29, 1.82) is 0 Å². The molecule has 0 spiro atoms. The molecule has 1 aromatic carbocycles. The molecule has 160 valence electrons. The zero-order chi connectivity index (χ0) is 22.1. The third-order valence-corrected chi connectivity index (χ3v) is 5.49. The lowest BCUT2D eigenvalue weighted by molar-refractivity contribution is -0.113. The Morgan fingerprint density at radius 1 is 1.10 bits per heavy atom. The number of hydrogen-bond donors (Lipinski definition) is 2. The van der Waals surface area contributed by atoms with Gasteiger partial charge in [0.15, 0.2) is 5.82 Å². The summed E-state index contributed by atoms with van der Waals surface area (Å²) in [6, 6.07) is 9.81. The van der Waals surface area contributed by atoms with Crippen LogP contribution >= 0.6 is 11.8 Å². The van der Waals surface area contributed by atoms with E-state index in [2.05, 4.69) is 53.6 Å². The first-order valence-corrected chi connectivity index (χ1v) is 10.6. The number of rotatable bonds is 5. The van der Waals surface area contributed by atoms with Crippen LogP contribution in [0.1, 0.15) is 52.8 Å². The van der Waals surface area contributed by atoms with Gasteiger partial charge in [-0.25, -0.2) is 4.68 Å². The monoisotopic (exact) mass is 428 g/mol. The van der Waals surface area contributed by atoms with Gasteiger partial charge in [0.1, 0.15) is 0 Å². The molecule has 9 heteroatoms. The van der Waals surface area contributed by atoms with E-state index in [1.807, 2.05) is 32.9 Å². The number of amides is 1. The van der Waals surface area contributed by atoms with E-state index >= 15 is 0 Å². The molecule has 0 unspecified atom stereocenters. The van der Waals surface area contributed by atoms with Crippen LogP contribution in [0.3, 0.4) is 0 Å². The van der Waals surface area contributed by atoms with E-state index in [1.165, 1.54) is 22.0 Å². The van der Waals surface area contributed by atoms with Crippen molar-refractivity contribution in [3.8, 4) is 11.4 Å². The summed E-state index contributed by atoms with van der Waals surface area (Å²) in [5.74, 6) is 6.90. The largest absolute Gasteiger partial charge is 0.338 e. The topological polar surface area (TPSA) is 112 Å². The van der Waals surface area contributed by atoms with Crippen LogP contribution in [0.25, 0.3) is 11.4 Å². The summed E-state index contributed by atoms with van der Waals surface area (Å²) in [5.41, 5.74) is 2.78. The van der Waals surface area contributed by atoms with Crippen molar-refractivity contribution in [2.24, 2.45) is 0 Å². The third kappa shape index (κ3) is 5.02. The molecule has 3 aromatic rings. The fourth-order valence-electron chi connectivity index (χ4n) is 2.68. The van der Waals surface area contributed by atoms with Gasteiger partial charge in [0.2, 0.25) is 16.9 Å². The molecule has 2 aromatic heterocycles. The number of thioether (sulfide) groups is 1. The predicted octanol–water partition coefficient (Wildman–Crippen LogP) is 3.97. The van der Waals surface area contributed by atoms with Crippen molar-refractivity contribution < 1.29 is 9.32 Å². The van der Waals surface area contributed by atoms with E-state index in [0.717, 1.165) is 11.3 Å². The van der Waals surface area contributed by atoms with E-state index in [4.69, 9.17) is 10.4 Å². The summed E-state index contributed by atoms with van der Waals surface area (Å²) in [4.78, 5) is 12.2. The lowest BCUT2D eigenvalue weighted by Crippen LogP contribution is -2.16. The SMILES string of the molecule is CC(C)(C)c1ccc(-c2nnc(SCC(=O)Nc3cc(C(C)(C)C)no3)n2N)cc1. The maximum absolute atomic E-state index is 12.2. The zero-order valence-electron chi connectivity index (χ0n) is 18.2. The molecule has 2 heterocycles. The summed E-state index contributed by atoms with van der Waals surface area (Å²) in [5, 5.41) is 15.4. The van der Waals surface area contributed by atoms with Gasteiger partial charge >= 0.3 is 0 Å². The normalized spacial score (nSPS) is 12.2. The quantitative estimate of drug-likeness (QED) is 0.467. The van der Waals surface area contributed by atoms with Crippen LogP contribution in [-0.2, 0) is 15.6 Å². The van der Waals surface area contributed by atoms with Crippen molar-refractivity contribution >= 4 is 23.6 Å². The van der Waals surface area contributed by atoms with Gasteiger partial charge in [-0.15, -0.1) is 10.2 Å². The molecule has 0 bridgehead atoms. The number of nitrogens with zero attached hydrogens (tertiary/aromatic N) is 4. The summed E-state index contributed by atoms with van der Waals surface area (Å²) < 4.78 is 6.58. The Kier molecular flexibility index (Phi) is 5.94. The van der Waals surface area contributed by atoms with Gasteiger partial charge in [0.25, 0.3) is 0 Å². The fourth-order valence-corrected chi connectivity index (χ4v) is 3.34. The molecule has 0 saturated heterocycles. The Morgan fingerprint density at radius 2 is 1.77 bits per heavy atom. The Hall–Kier alpha value is -2.81. The molecule has 3 rings (SSSR count). The molecule has 1 amide bonds. The highest BCUT2D eigenvalue weighted by molar-refractivity contribution is 7.99. The number of anilines is 1. The number of carbonyl (C=O) groups is 1. The summed E-state index contributed by atoms with van der Waals surface area (Å²) in [6.07, 6.45) is 0. The highest BCUT2D eigenvalue weighted by Gasteiger charge is 2.20. The van der Waals surface area contributed by atoms with Crippen molar-refractivity contribution in [3.63, 3.8) is 0 Å². The molecular weight excluding hydrogens is 400 g/mol. The first kappa shape index (κ1) is 21.9. The number of nitrogens with two attached hydrogens (primary N) is 1. The van der Waals surface area contributed by atoms with Gasteiger partial charge in [-0.2, -0.15) is 0 Å². The smallest absolute Gasteiger partial charge is 0.237 e. The van der Waals surface area contributed by atoms with Crippen molar-refractivity contribution in [2.75, 3.05) is 16.9 Å². The Labute approximate surface area is 180 Å². The van der Waals surface area contributed by atoms with Crippen molar-refractivity contribution in [1.82, 2.24) is 20.0 Å². The van der Waals surface area contributed by atoms with Crippen LogP contribution in [0.5, 0.6) is 0 Å². The van der Waals surface area contributed by atoms with Gasteiger partial charge in [0, 0.05) is 17.0 Å². The number of aromatic nitrogens is 4. The van der Waals surface area contributed by atoms with Gasteiger partial charge in [-0.05, 0) is 11.0 Å². The number of nitrogens with one attached hydrogen (secondary N) is 1. The fraction of sp³-hybridized carbons (Fsp3) is 0.429. The summed E-state index contributed by atoms with van der Waals surface area (Å²) in [6.45, 7) is 12.6. The van der Waals surface area contributed by atoms with Crippen molar-refractivity contribution in [2.45, 2.75) is 57.5 Å². The highest BCUT2D eigenvalue weighted by Crippen LogP contribution is 2.27. The second-order valence-corrected chi connectivity index (χ2v) is 10.1. The molecule has 0 atom stereocenters. The number of benzene rings is 1. The molecule has 0 fully saturated rings. The van der Waals surface area contributed by atoms with E-state index in [-0.39, 0.29) is 22.5 Å². The molecule has 0 aliphatic carbocycles. The van der Waals surface area contributed by atoms with Crippen LogP contribution in [0, 0.1) is 0 Å². The lowest BCUT2D eigenvalue weighted by atomic mass is 9.87. The maximum atomic E-state index is 12.2. The average Bonchev–Trinajstić information content (AvgIpc) is 3.26. The Balaban J connectivity index is 1.62. The van der Waals surface area contributed by atoms with Gasteiger partial charge < -0.3 is 10.4 Å². The van der Waals surface area contributed by atoms with Crippen molar-refractivity contribution in [3.05, 3.63) is 41.6 Å². The van der Waals surface area contributed by atoms with E-state index in [9.17, 15) is 4.79 Å². The first-order valence-electron chi connectivity index (χ1n) is 9.66. The highest BCUT2D eigenvalue weighted by atomic mass is 32.2. The molecule has 0 radical (unpaired) electrons. The Morgan fingerprint density at radius 3 is 2.33 bits per heavy atom. The number of nitrogen functional groups attached to an aromatic ring is 1. The van der Waals surface area contributed by atoms with E-state index in [1.54, 1.807) is 6.07 Å². The van der Waals surface area contributed by atoms with E-state index < -0.39 is 0 Å². The molecular formula is C21H28N6O2S. The summed E-state index contributed by atoms with van der Waals surface area (Å²) >= 11 is 1.20. The summed E-state index contributed by atoms with van der Waals surface area (Å²) in [7, 11) is 0. The zero-order valence-corrected chi connectivity index (χ0v) is 19.0. The van der Waals surface area contributed by atoms with Crippen LogP contribution in [0.4, 0.5) is 5.88 Å². The van der Waals surface area contributed by atoms with Crippen LogP contribution < -0.4 is 11.2 Å². The minimum atomic E-state index is -0.240. The second-order valence-electron chi connectivity index (χ2n) is 9.17. The Bertz CT molecular complexity index is 1030. The average molecular weight is 429 g/mol. The molecule has 0 saturated carbocycles. The van der Waals surface area contributed by atoms with Crippen LogP contribution in [0.15, 0.2) is 40.0 Å². The molecule has 0 aliphatic rings. The molecule has 0 aliphatic heterocycles. The number of hydrogen-bond acceptors (Lipinski definition) is 7. The van der Waals surface area contributed by atoms with Gasteiger partial charge in [-0.1, -0.05) is 82.7 Å². The predicted molar refractivity (Wildman–Crippen MR) is 119 cm³/mol. The number of carbonyl (C=O) groups excluding carboxylic acids is 1. The minimum absolute atomic E-state index is 0.0699. The van der Waals surface area contributed by atoms with Crippen LogP contribution in [-0.4, -0.2) is 31.7 Å².